The maximum atomic E-state index is 13.1. The van der Waals surface area contributed by atoms with Gasteiger partial charge in [-0.25, -0.2) is 5.01 Å². The van der Waals surface area contributed by atoms with Crippen LogP contribution in [0.2, 0.25) is 0 Å². The van der Waals surface area contributed by atoms with Crippen LogP contribution in [0.25, 0.3) is 10.9 Å². The van der Waals surface area contributed by atoms with E-state index in [9.17, 15) is 9.59 Å². The number of hydrogen-bond donors (Lipinski definition) is 1. The number of benzene rings is 1. The third kappa shape index (κ3) is 3.60. The molecule has 0 saturated carbocycles. The van der Waals surface area contributed by atoms with Crippen LogP contribution < -0.4 is 5.43 Å². The number of carbonyl (C=O) groups is 1. The molecule has 0 atom stereocenters. The third-order valence-electron chi connectivity index (χ3n) is 4.72. The zero-order valence-corrected chi connectivity index (χ0v) is 15.0. The summed E-state index contributed by atoms with van der Waals surface area (Å²) in [6, 6.07) is 8.69. The number of nitrogens with one attached hydrogen (secondary N) is 1. The van der Waals surface area contributed by atoms with Gasteiger partial charge in [0.25, 0.3) is 5.91 Å². The number of nitrogens with zero attached hydrogens (tertiary/aromatic N) is 3. The van der Waals surface area contributed by atoms with Gasteiger partial charge >= 0.3 is 0 Å². The summed E-state index contributed by atoms with van der Waals surface area (Å²) in [5.41, 5.74) is 0.895. The van der Waals surface area contributed by atoms with Gasteiger partial charge in [-0.1, -0.05) is 18.6 Å². The zero-order chi connectivity index (χ0) is 17.8. The van der Waals surface area contributed by atoms with Crippen molar-refractivity contribution in [3.05, 3.63) is 46.2 Å². The van der Waals surface area contributed by atoms with Gasteiger partial charge in [-0.05, 0) is 38.8 Å². The van der Waals surface area contributed by atoms with Gasteiger partial charge in [0.05, 0.1) is 0 Å². The molecule has 6 heteroatoms. The number of H-pyrrole nitrogens is 1. The predicted molar refractivity (Wildman–Crippen MR) is 99.1 cm³/mol. The van der Waals surface area contributed by atoms with E-state index in [1.807, 2.05) is 37.2 Å². The molecule has 0 bridgehead atoms. The van der Waals surface area contributed by atoms with Crippen molar-refractivity contribution in [2.45, 2.75) is 33.1 Å². The number of aromatic amines is 1. The lowest BCUT2D eigenvalue weighted by atomic mass is 10.2. The van der Waals surface area contributed by atoms with Crippen LogP contribution in [0.3, 0.4) is 0 Å². The van der Waals surface area contributed by atoms with E-state index in [1.165, 1.54) is 12.5 Å². The SMILES string of the molecule is CCN(C(=O)c1cc(=O)c2ccccc2[nH]1)N(CC)N1CCCCC1. The predicted octanol–water partition coefficient (Wildman–Crippen LogP) is 2.63. The minimum absolute atomic E-state index is 0.130. The van der Waals surface area contributed by atoms with Crippen LogP contribution in [-0.4, -0.2) is 52.2 Å². The maximum absolute atomic E-state index is 13.1. The lowest BCUT2D eigenvalue weighted by molar-refractivity contribution is -0.163. The van der Waals surface area contributed by atoms with Crippen molar-refractivity contribution in [1.29, 1.82) is 0 Å². The Morgan fingerprint density at radius 1 is 1.12 bits per heavy atom. The molecule has 134 valence electrons. The fourth-order valence-electron chi connectivity index (χ4n) is 3.49. The summed E-state index contributed by atoms with van der Waals surface area (Å²) in [4.78, 5) is 28.6. The first-order chi connectivity index (χ1) is 12.2. The molecule has 0 unspecified atom stereocenters. The minimum atomic E-state index is -0.169. The molecule has 1 aliphatic heterocycles. The van der Waals surface area contributed by atoms with Crippen molar-refractivity contribution in [3.63, 3.8) is 0 Å². The van der Waals surface area contributed by atoms with Gasteiger partial charge in [-0.2, -0.15) is 5.12 Å². The van der Waals surface area contributed by atoms with Gasteiger partial charge in [0, 0.05) is 43.1 Å². The largest absolute Gasteiger partial charge is 0.350 e. The molecule has 1 saturated heterocycles. The van der Waals surface area contributed by atoms with E-state index in [0.29, 0.717) is 23.1 Å². The third-order valence-corrected chi connectivity index (χ3v) is 4.72. The van der Waals surface area contributed by atoms with E-state index < -0.39 is 0 Å². The smallest absolute Gasteiger partial charge is 0.285 e. The fourth-order valence-corrected chi connectivity index (χ4v) is 3.49. The highest BCUT2D eigenvalue weighted by Crippen LogP contribution is 2.16. The molecule has 2 aromatic rings. The summed E-state index contributed by atoms with van der Waals surface area (Å²) < 4.78 is 0. The molecular formula is C19H26N4O2. The second-order valence-electron chi connectivity index (χ2n) is 6.32. The van der Waals surface area contributed by atoms with Gasteiger partial charge in [-0.3, -0.25) is 14.6 Å². The van der Waals surface area contributed by atoms with Crippen LogP contribution in [0.15, 0.2) is 35.1 Å². The van der Waals surface area contributed by atoms with Gasteiger partial charge in [0.15, 0.2) is 5.43 Å². The Labute approximate surface area is 148 Å². The summed E-state index contributed by atoms with van der Waals surface area (Å²) in [6.07, 6.45) is 3.54. The summed E-state index contributed by atoms with van der Waals surface area (Å²) in [6.45, 7) is 7.21. The number of hydrogen-bond acceptors (Lipinski definition) is 4. The molecule has 0 spiro atoms. The standard InChI is InChI=1S/C19H26N4O2/c1-3-22(23(4-2)21-12-8-5-9-13-21)19(25)17-14-18(24)15-10-6-7-11-16(15)20-17/h6-7,10-11,14H,3-5,8-9,12-13H2,1-2H3,(H,20,24). The average molecular weight is 342 g/mol. The van der Waals surface area contributed by atoms with Gasteiger partial charge in [0.2, 0.25) is 0 Å². The van der Waals surface area contributed by atoms with Crippen LogP contribution in [0.4, 0.5) is 0 Å². The summed E-state index contributed by atoms with van der Waals surface area (Å²) in [7, 11) is 0. The number of amides is 1. The number of pyridine rings is 1. The van der Waals surface area contributed by atoms with E-state index in [0.717, 1.165) is 32.5 Å². The topological polar surface area (TPSA) is 59.7 Å². The van der Waals surface area contributed by atoms with Crippen molar-refractivity contribution >= 4 is 16.8 Å². The van der Waals surface area contributed by atoms with Gasteiger partial charge in [0.1, 0.15) is 5.69 Å². The van der Waals surface area contributed by atoms with E-state index in [2.05, 4.69) is 9.99 Å². The molecule has 6 nitrogen and oxygen atoms in total. The number of carbonyl (C=O) groups excluding carboxylic acids is 1. The van der Waals surface area contributed by atoms with Crippen LogP contribution in [0, 0.1) is 0 Å². The monoisotopic (exact) mass is 342 g/mol. The van der Waals surface area contributed by atoms with Gasteiger partial charge < -0.3 is 4.98 Å². The first-order valence-corrected chi connectivity index (χ1v) is 9.12. The summed E-state index contributed by atoms with van der Waals surface area (Å²) in [5, 5.41) is 6.59. The van der Waals surface area contributed by atoms with Crippen LogP contribution >= 0.6 is 0 Å². The molecule has 1 aromatic heterocycles. The molecule has 1 N–H and O–H groups in total. The summed E-state index contributed by atoms with van der Waals surface area (Å²) in [5.74, 6) is -0.169. The Morgan fingerprint density at radius 2 is 1.84 bits per heavy atom. The number of fused-ring (bicyclic) bond motifs is 1. The molecule has 1 aromatic carbocycles. The van der Waals surface area contributed by atoms with Crippen LogP contribution in [-0.2, 0) is 0 Å². The van der Waals surface area contributed by atoms with E-state index >= 15 is 0 Å². The maximum Gasteiger partial charge on any atom is 0.285 e. The quantitative estimate of drug-likeness (QED) is 0.849. The number of hydrazine groups is 2. The number of para-hydroxylation sites is 1. The van der Waals surface area contributed by atoms with Crippen molar-refractivity contribution in [1.82, 2.24) is 20.1 Å². The van der Waals surface area contributed by atoms with E-state index in [4.69, 9.17) is 0 Å². The second kappa shape index (κ2) is 7.80. The zero-order valence-electron chi connectivity index (χ0n) is 15.0. The molecule has 0 aliphatic carbocycles. The van der Waals surface area contributed by atoms with E-state index in [-0.39, 0.29) is 11.3 Å². The second-order valence-corrected chi connectivity index (χ2v) is 6.32. The fraction of sp³-hybridized carbons (Fsp3) is 0.474. The highest BCUT2D eigenvalue weighted by molar-refractivity contribution is 5.94. The first kappa shape index (κ1) is 17.6. The molecule has 25 heavy (non-hydrogen) atoms. The van der Waals surface area contributed by atoms with Crippen LogP contribution in [0.1, 0.15) is 43.6 Å². The van der Waals surface area contributed by atoms with Crippen molar-refractivity contribution in [2.75, 3.05) is 26.2 Å². The van der Waals surface area contributed by atoms with Gasteiger partial charge in [-0.15, -0.1) is 0 Å². The lowest BCUT2D eigenvalue weighted by Gasteiger charge is -2.42. The van der Waals surface area contributed by atoms with Crippen LogP contribution in [0.5, 0.6) is 0 Å². The highest BCUT2D eigenvalue weighted by Gasteiger charge is 2.27. The normalized spacial score (nSPS) is 15.6. The minimum Gasteiger partial charge on any atom is -0.350 e. The molecule has 3 rings (SSSR count). The molecule has 0 radical (unpaired) electrons. The lowest BCUT2D eigenvalue weighted by Crippen LogP contribution is -2.56. The molecule has 2 heterocycles. The Kier molecular flexibility index (Phi) is 5.50. The Hall–Kier alpha value is -2.18. The Morgan fingerprint density at radius 3 is 2.52 bits per heavy atom. The average Bonchev–Trinajstić information content (AvgIpc) is 2.66. The summed E-state index contributed by atoms with van der Waals surface area (Å²) >= 11 is 0. The Balaban J connectivity index is 1.92. The highest BCUT2D eigenvalue weighted by atomic mass is 16.2. The molecular weight excluding hydrogens is 316 g/mol. The van der Waals surface area contributed by atoms with Crippen molar-refractivity contribution in [3.8, 4) is 0 Å². The Bertz CT molecular complexity index is 795. The molecule has 1 fully saturated rings. The number of rotatable bonds is 5. The van der Waals surface area contributed by atoms with Crippen molar-refractivity contribution < 1.29 is 4.79 Å². The molecule has 1 amide bonds. The van der Waals surface area contributed by atoms with E-state index in [1.54, 1.807) is 11.1 Å². The van der Waals surface area contributed by atoms with Crippen molar-refractivity contribution in [2.24, 2.45) is 0 Å². The number of aromatic nitrogens is 1. The first-order valence-electron chi connectivity index (χ1n) is 9.12. The number of piperidine rings is 1. The molecule has 1 aliphatic rings.